The Morgan fingerprint density at radius 2 is 1.82 bits per heavy atom. The van der Waals surface area contributed by atoms with Crippen LogP contribution in [0.3, 0.4) is 0 Å². The van der Waals surface area contributed by atoms with Crippen LogP contribution in [0.4, 0.5) is 11.5 Å². The molecule has 0 atom stereocenters. The van der Waals surface area contributed by atoms with Gasteiger partial charge < -0.3 is 14.3 Å². The summed E-state index contributed by atoms with van der Waals surface area (Å²) in [7, 11) is 0. The Labute approximate surface area is 199 Å². The van der Waals surface area contributed by atoms with Gasteiger partial charge in [-0.05, 0) is 57.0 Å². The molecule has 0 aliphatic carbocycles. The Bertz CT molecular complexity index is 1310. The standard InChI is InChI=1S/C27H29N5O2/c1-4-25(33)32(21-8-6-5-7-9-21)22-12-14-31(15-13-22)26-23(27-28-19(3)30-34-27)17-20-16-18(2)10-11-24(20)29-26/h5-11,16-17,22H,4,12-15H2,1-3H3. The lowest BCUT2D eigenvalue weighted by molar-refractivity contribution is -0.118. The molecule has 0 unspecified atom stereocenters. The largest absolute Gasteiger partial charge is 0.356 e. The maximum absolute atomic E-state index is 12.9. The molecule has 2 aromatic carbocycles. The van der Waals surface area contributed by atoms with Crippen LogP contribution in [0.2, 0.25) is 0 Å². The van der Waals surface area contributed by atoms with Crippen LogP contribution in [0.1, 0.15) is 37.6 Å². The predicted octanol–water partition coefficient (Wildman–Crippen LogP) is 5.31. The number of hydrogen-bond donors (Lipinski definition) is 0. The number of pyridine rings is 1. The minimum absolute atomic E-state index is 0.156. The van der Waals surface area contributed by atoms with Gasteiger partial charge in [0.25, 0.3) is 5.89 Å². The number of benzene rings is 2. The summed E-state index contributed by atoms with van der Waals surface area (Å²) in [5, 5.41) is 5.05. The van der Waals surface area contributed by atoms with Crippen LogP contribution in [0.5, 0.6) is 0 Å². The van der Waals surface area contributed by atoms with Gasteiger partial charge in [-0.15, -0.1) is 0 Å². The highest BCUT2D eigenvalue weighted by atomic mass is 16.5. The lowest BCUT2D eigenvalue weighted by Crippen LogP contribution is -2.48. The summed E-state index contributed by atoms with van der Waals surface area (Å²) in [6.07, 6.45) is 2.20. The number of carbonyl (C=O) groups is 1. The van der Waals surface area contributed by atoms with Gasteiger partial charge in [-0.3, -0.25) is 4.79 Å². The van der Waals surface area contributed by atoms with E-state index in [1.807, 2.05) is 49.1 Å². The second-order valence-electron chi connectivity index (χ2n) is 8.87. The van der Waals surface area contributed by atoms with E-state index in [9.17, 15) is 4.79 Å². The average molecular weight is 456 g/mol. The van der Waals surface area contributed by atoms with E-state index in [2.05, 4.69) is 46.2 Å². The van der Waals surface area contributed by atoms with E-state index >= 15 is 0 Å². The molecule has 1 aliphatic rings. The molecule has 174 valence electrons. The van der Waals surface area contributed by atoms with E-state index in [-0.39, 0.29) is 11.9 Å². The fourth-order valence-corrected chi connectivity index (χ4v) is 4.74. The number of nitrogens with zero attached hydrogens (tertiary/aromatic N) is 5. The van der Waals surface area contributed by atoms with E-state index in [0.717, 1.165) is 53.9 Å². The molecule has 34 heavy (non-hydrogen) atoms. The number of para-hydroxylation sites is 1. The first-order valence-corrected chi connectivity index (χ1v) is 11.9. The highest BCUT2D eigenvalue weighted by Crippen LogP contribution is 2.34. The summed E-state index contributed by atoms with van der Waals surface area (Å²) in [4.78, 5) is 26.6. The van der Waals surface area contributed by atoms with Crippen molar-refractivity contribution in [1.82, 2.24) is 15.1 Å². The summed E-state index contributed by atoms with van der Waals surface area (Å²) < 4.78 is 5.54. The smallest absolute Gasteiger partial charge is 0.261 e. The van der Waals surface area contributed by atoms with Gasteiger partial charge in [0.15, 0.2) is 5.82 Å². The van der Waals surface area contributed by atoms with Crippen molar-refractivity contribution in [2.24, 2.45) is 0 Å². The predicted molar refractivity (Wildman–Crippen MR) is 134 cm³/mol. The molecule has 2 aromatic heterocycles. The van der Waals surface area contributed by atoms with Gasteiger partial charge in [0.1, 0.15) is 5.82 Å². The summed E-state index contributed by atoms with van der Waals surface area (Å²) in [5.74, 6) is 2.09. The van der Waals surface area contributed by atoms with Crippen molar-refractivity contribution >= 4 is 28.3 Å². The number of piperidine rings is 1. The third-order valence-corrected chi connectivity index (χ3v) is 6.44. The number of carbonyl (C=O) groups excluding carboxylic acids is 1. The fraction of sp³-hybridized carbons (Fsp3) is 0.333. The van der Waals surface area contributed by atoms with Crippen LogP contribution in [-0.2, 0) is 4.79 Å². The molecule has 1 fully saturated rings. The van der Waals surface area contributed by atoms with Gasteiger partial charge in [-0.25, -0.2) is 4.98 Å². The second-order valence-corrected chi connectivity index (χ2v) is 8.87. The molecule has 5 rings (SSSR count). The molecule has 1 amide bonds. The summed E-state index contributed by atoms with van der Waals surface area (Å²) in [6, 6.07) is 18.5. The van der Waals surface area contributed by atoms with Crippen molar-refractivity contribution in [3.05, 3.63) is 66.0 Å². The van der Waals surface area contributed by atoms with Crippen LogP contribution >= 0.6 is 0 Å². The van der Waals surface area contributed by atoms with Gasteiger partial charge in [-0.1, -0.05) is 41.9 Å². The van der Waals surface area contributed by atoms with E-state index < -0.39 is 0 Å². The summed E-state index contributed by atoms with van der Waals surface area (Å²) in [5.41, 5.74) is 3.93. The fourth-order valence-electron chi connectivity index (χ4n) is 4.74. The van der Waals surface area contributed by atoms with Crippen LogP contribution in [0.15, 0.2) is 59.1 Å². The first-order chi connectivity index (χ1) is 16.5. The lowest BCUT2D eigenvalue weighted by Gasteiger charge is -2.39. The monoisotopic (exact) mass is 455 g/mol. The third kappa shape index (κ3) is 4.25. The number of hydrogen-bond acceptors (Lipinski definition) is 6. The molecule has 7 heteroatoms. The van der Waals surface area contributed by atoms with Crippen molar-refractivity contribution in [3.8, 4) is 11.5 Å². The number of amides is 1. The molecule has 0 saturated carbocycles. The van der Waals surface area contributed by atoms with Crippen molar-refractivity contribution in [2.75, 3.05) is 22.9 Å². The zero-order valence-electron chi connectivity index (χ0n) is 19.9. The van der Waals surface area contributed by atoms with Gasteiger partial charge in [0.2, 0.25) is 5.91 Å². The number of fused-ring (bicyclic) bond motifs is 1. The summed E-state index contributed by atoms with van der Waals surface area (Å²) >= 11 is 0. The number of anilines is 2. The van der Waals surface area contributed by atoms with Crippen LogP contribution in [-0.4, -0.2) is 40.2 Å². The minimum Gasteiger partial charge on any atom is -0.356 e. The normalized spacial score (nSPS) is 14.5. The maximum Gasteiger partial charge on any atom is 0.261 e. The Hall–Kier alpha value is -3.74. The highest BCUT2D eigenvalue weighted by Gasteiger charge is 2.30. The molecule has 0 N–H and O–H groups in total. The zero-order chi connectivity index (χ0) is 23.7. The molecule has 1 aliphatic heterocycles. The van der Waals surface area contributed by atoms with Crippen LogP contribution in [0, 0.1) is 13.8 Å². The SMILES string of the molecule is CCC(=O)N(c1ccccc1)C1CCN(c2nc3ccc(C)cc3cc2-c2nc(C)no2)CC1. The first-order valence-electron chi connectivity index (χ1n) is 11.9. The third-order valence-electron chi connectivity index (χ3n) is 6.44. The van der Waals surface area contributed by atoms with Crippen molar-refractivity contribution in [2.45, 2.75) is 46.1 Å². The van der Waals surface area contributed by atoms with Crippen molar-refractivity contribution in [1.29, 1.82) is 0 Å². The van der Waals surface area contributed by atoms with Gasteiger partial charge in [0, 0.05) is 36.6 Å². The Kier molecular flexibility index (Phi) is 6.01. The quantitative estimate of drug-likeness (QED) is 0.406. The van der Waals surface area contributed by atoms with Gasteiger partial charge >= 0.3 is 0 Å². The number of rotatable bonds is 5. The average Bonchev–Trinajstić information content (AvgIpc) is 3.30. The maximum atomic E-state index is 12.9. The van der Waals surface area contributed by atoms with E-state index in [4.69, 9.17) is 9.51 Å². The Morgan fingerprint density at radius 3 is 2.50 bits per heavy atom. The molecular weight excluding hydrogens is 426 g/mol. The molecule has 1 saturated heterocycles. The number of aryl methyl sites for hydroxylation is 2. The topological polar surface area (TPSA) is 75.4 Å². The van der Waals surface area contributed by atoms with E-state index in [0.29, 0.717) is 18.1 Å². The van der Waals surface area contributed by atoms with Crippen LogP contribution < -0.4 is 9.80 Å². The first kappa shape index (κ1) is 22.1. The Morgan fingerprint density at radius 1 is 1.06 bits per heavy atom. The Balaban J connectivity index is 1.46. The van der Waals surface area contributed by atoms with E-state index in [1.165, 1.54) is 5.56 Å². The minimum atomic E-state index is 0.156. The van der Waals surface area contributed by atoms with Gasteiger partial charge in [-0.2, -0.15) is 4.98 Å². The van der Waals surface area contributed by atoms with Gasteiger partial charge in [0.05, 0.1) is 11.1 Å². The van der Waals surface area contributed by atoms with Crippen LogP contribution in [0.25, 0.3) is 22.4 Å². The zero-order valence-corrected chi connectivity index (χ0v) is 19.9. The molecule has 0 spiro atoms. The molecule has 0 radical (unpaired) electrons. The second kappa shape index (κ2) is 9.25. The molecule has 7 nitrogen and oxygen atoms in total. The highest BCUT2D eigenvalue weighted by molar-refractivity contribution is 5.94. The molecule has 0 bridgehead atoms. The molecular formula is C27H29N5O2. The summed E-state index contributed by atoms with van der Waals surface area (Å²) in [6.45, 7) is 7.39. The molecule has 4 aromatic rings. The van der Waals surface area contributed by atoms with Crippen molar-refractivity contribution < 1.29 is 9.32 Å². The lowest BCUT2D eigenvalue weighted by atomic mass is 10.0. The van der Waals surface area contributed by atoms with E-state index in [1.54, 1.807) is 0 Å². The van der Waals surface area contributed by atoms with Crippen molar-refractivity contribution in [3.63, 3.8) is 0 Å². The number of aromatic nitrogens is 3. The molecule has 3 heterocycles.